The van der Waals surface area contributed by atoms with Gasteiger partial charge in [-0.05, 0) is 91.3 Å². The number of hydrogen-bond donors (Lipinski definition) is 0. The number of nitrogens with zero attached hydrogens (tertiary/aromatic N) is 1. The second kappa shape index (κ2) is 14.5. The molecule has 42 heavy (non-hydrogen) atoms. The molecule has 0 N–H and O–H groups in total. The van der Waals surface area contributed by atoms with E-state index in [0.29, 0.717) is 35.6 Å². The smallest absolute Gasteiger partial charge is 0.0482 e. The van der Waals surface area contributed by atoms with Crippen molar-refractivity contribution in [3.63, 3.8) is 0 Å². The molecule has 1 nitrogen and oxygen atoms in total. The maximum absolute atomic E-state index is 4.41. The van der Waals surface area contributed by atoms with Crippen molar-refractivity contribution in [1.29, 1.82) is 0 Å². The van der Waals surface area contributed by atoms with Crippen molar-refractivity contribution < 1.29 is 0 Å². The zero-order valence-corrected chi connectivity index (χ0v) is 26.6. The van der Waals surface area contributed by atoms with Gasteiger partial charge in [0.15, 0.2) is 0 Å². The Balaban J connectivity index is 1.98. The summed E-state index contributed by atoms with van der Waals surface area (Å²) >= 11 is 0. The number of anilines is 1. The number of rotatable bonds is 11. The van der Waals surface area contributed by atoms with Gasteiger partial charge in [-0.2, -0.15) is 0 Å². The molecular formula is C41H51N. The van der Waals surface area contributed by atoms with Gasteiger partial charge >= 0.3 is 0 Å². The van der Waals surface area contributed by atoms with Crippen LogP contribution in [-0.4, -0.2) is 6.04 Å². The Hall–Kier alpha value is -3.58. The first kappa shape index (κ1) is 31.4. The average molecular weight is 558 g/mol. The monoisotopic (exact) mass is 557 g/mol. The van der Waals surface area contributed by atoms with Crippen molar-refractivity contribution in [2.75, 3.05) is 4.90 Å². The number of allylic oxidation sites excluding steroid dienone is 10. The fourth-order valence-electron chi connectivity index (χ4n) is 7.81. The first-order chi connectivity index (χ1) is 20.4. The zero-order valence-electron chi connectivity index (χ0n) is 26.6. The van der Waals surface area contributed by atoms with Crippen LogP contribution in [0, 0.1) is 17.8 Å². The summed E-state index contributed by atoms with van der Waals surface area (Å²) in [7, 11) is 0. The lowest BCUT2D eigenvalue weighted by molar-refractivity contribution is 0.363. The van der Waals surface area contributed by atoms with E-state index in [1.807, 2.05) is 12.2 Å². The minimum atomic E-state index is 0.305. The van der Waals surface area contributed by atoms with E-state index in [1.165, 1.54) is 47.3 Å². The van der Waals surface area contributed by atoms with Crippen molar-refractivity contribution in [1.82, 2.24) is 0 Å². The maximum atomic E-state index is 4.41. The van der Waals surface area contributed by atoms with Crippen LogP contribution in [0.25, 0.3) is 5.57 Å². The fourth-order valence-corrected chi connectivity index (χ4v) is 7.81. The van der Waals surface area contributed by atoms with Crippen LogP contribution < -0.4 is 4.90 Å². The summed E-state index contributed by atoms with van der Waals surface area (Å²) in [5.41, 5.74) is 9.31. The Morgan fingerprint density at radius 1 is 1.02 bits per heavy atom. The van der Waals surface area contributed by atoms with Gasteiger partial charge in [0.2, 0.25) is 0 Å². The van der Waals surface area contributed by atoms with E-state index >= 15 is 0 Å². The largest absolute Gasteiger partial charge is 0.337 e. The highest BCUT2D eigenvalue weighted by Gasteiger charge is 2.49. The Morgan fingerprint density at radius 3 is 2.43 bits per heavy atom. The lowest BCUT2D eigenvalue weighted by Gasteiger charge is -2.38. The molecule has 1 aliphatic carbocycles. The minimum absolute atomic E-state index is 0.305. The first-order valence-corrected chi connectivity index (χ1v) is 16.0. The number of fused-ring (bicyclic) bond motifs is 3. The summed E-state index contributed by atoms with van der Waals surface area (Å²) in [6.07, 6.45) is 21.7. The molecule has 1 fully saturated rings. The van der Waals surface area contributed by atoms with Gasteiger partial charge in [0, 0.05) is 29.3 Å². The van der Waals surface area contributed by atoms with E-state index in [9.17, 15) is 0 Å². The fraction of sp³-hybridized carbons (Fsp3) is 0.366. The molecule has 4 unspecified atom stereocenters. The molecule has 0 radical (unpaired) electrons. The summed E-state index contributed by atoms with van der Waals surface area (Å²) < 4.78 is 0. The van der Waals surface area contributed by atoms with E-state index in [0.717, 1.165) is 12.0 Å². The number of hydrogen-bond acceptors (Lipinski definition) is 1. The summed E-state index contributed by atoms with van der Waals surface area (Å²) in [5.74, 6) is 2.33. The third kappa shape index (κ3) is 6.41. The minimum Gasteiger partial charge on any atom is -0.337 e. The van der Waals surface area contributed by atoms with E-state index in [-0.39, 0.29) is 0 Å². The van der Waals surface area contributed by atoms with Crippen LogP contribution in [-0.2, 0) is 0 Å². The predicted molar refractivity (Wildman–Crippen MR) is 186 cm³/mol. The maximum Gasteiger partial charge on any atom is 0.0482 e. The second-order valence-corrected chi connectivity index (χ2v) is 12.2. The van der Waals surface area contributed by atoms with E-state index in [1.54, 1.807) is 5.57 Å². The Bertz CT molecular complexity index is 1370. The third-order valence-corrected chi connectivity index (χ3v) is 9.55. The van der Waals surface area contributed by atoms with Gasteiger partial charge in [-0.25, -0.2) is 0 Å². The highest BCUT2D eigenvalue weighted by atomic mass is 15.2. The second-order valence-electron chi connectivity index (χ2n) is 12.2. The van der Waals surface area contributed by atoms with Gasteiger partial charge in [-0.1, -0.05) is 131 Å². The standard InChI is InChI=1S/C41H51N/c1-9-14-23-35(13-5)42-39-25-24-33(29(6)18-10-2)27-37(39)38-28-34(36(20-12-4)30(7)19-11-3)26-31(8)40(41(38)42)32-21-16-15-17-22-32/h9-10,12-18,20-25,27,30-31,34,38,40-41H,1,4,6,11,19,26,28H2,2-3,5,7-8H3/b18-10-,23-14-,35-13+,36-20+/t30-,31-,34?,38?,40?,41?/m1/s1. The molecule has 0 aromatic heterocycles. The predicted octanol–water partition coefficient (Wildman–Crippen LogP) is 11.6. The van der Waals surface area contributed by atoms with E-state index in [4.69, 9.17) is 0 Å². The van der Waals surface area contributed by atoms with Crippen molar-refractivity contribution in [2.45, 2.75) is 78.2 Å². The Kier molecular flexibility index (Phi) is 10.9. The van der Waals surface area contributed by atoms with Gasteiger partial charge in [0.25, 0.3) is 0 Å². The molecule has 0 amide bonds. The Morgan fingerprint density at radius 2 is 1.79 bits per heavy atom. The molecule has 0 saturated heterocycles. The zero-order chi connectivity index (χ0) is 30.2. The first-order valence-electron chi connectivity index (χ1n) is 16.0. The highest BCUT2D eigenvalue weighted by Crippen LogP contribution is 2.57. The normalized spacial score (nSPS) is 25.3. The SMILES string of the molecule is C=C/C=C\C(=C/C)N1c2ccc(C(=C)/C=C\C)cc2C2CC(/C(=C/C=C)[C@H](C)CCC)C[C@@H](C)C(c3ccccc3)C21. The van der Waals surface area contributed by atoms with Gasteiger partial charge in [0.05, 0.1) is 0 Å². The van der Waals surface area contributed by atoms with Crippen molar-refractivity contribution in [3.05, 3.63) is 145 Å². The van der Waals surface area contributed by atoms with Crippen LogP contribution >= 0.6 is 0 Å². The van der Waals surface area contributed by atoms with Crippen molar-refractivity contribution >= 4 is 11.3 Å². The molecule has 2 aromatic rings. The van der Waals surface area contributed by atoms with Crippen molar-refractivity contribution in [2.24, 2.45) is 17.8 Å². The van der Waals surface area contributed by atoms with E-state index in [2.05, 4.69) is 144 Å². The molecule has 6 atom stereocenters. The average Bonchev–Trinajstić information content (AvgIpc) is 3.20. The summed E-state index contributed by atoms with van der Waals surface area (Å²) in [4.78, 5) is 2.66. The van der Waals surface area contributed by atoms with Crippen LogP contribution in [0.2, 0.25) is 0 Å². The lowest BCUT2D eigenvalue weighted by atomic mass is 9.76. The molecule has 2 aliphatic rings. The van der Waals surface area contributed by atoms with Crippen molar-refractivity contribution in [3.8, 4) is 0 Å². The molecule has 2 aromatic carbocycles. The molecule has 220 valence electrons. The molecule has 0 spiro atoms. The van der Waals surface area contributed by atoms with Gasteiger partial charge in [-0.15, -0.1) is 0 Å². The van der Waals surface area contributed by atoms with Crippen LogP contribution in [0.1, 0.15) is 88.8 Å². The molecular weight excluding hydrogens is 506 g/mol. The van der Waals surface area contributed by atoms with Crippen LogP contribution in [0.15, 0.2) is 128 Å². The number of benzene rings is 2. The van der Waals surface area contributed by atoms with Gasteiger partial charge in [-0.3, -0.25) is 0 Å². The van der Waals surface area contributed by atoms with Crippen LogP contribution in [0.3, 0.4) is 0 Å². The summed E-state index contributed by atoms with van der Waals surface area (Å²) in [5, 5.41) is 0. The third-order valence-electron chi connectivity index (χ3n) is 9.55. The topological polar surface area (TPSA) is 3.24 Å². The summed E-state index contributed by atoms with van der Waals surface area (Å²) in [6, 6.07) is 18.6. The van der Waals surface area contributed by atoms with Gasteiger partial charge < -0.3 is 4.90 Å². The summed E-state index contributed by atoms with van der Waals surface area (Å²) in [6.45, 7) is 24.0. The molecule has 1 heteroatoms. The Labute approximate surface area is 256 Å². The molecule has 1 aliphatic heterocycles. The van der Waals surface area contributed by atoms with E-state index < -0.39 is 0 Å². The quantitative estimate of drug-likeness (QED) is 0.248. The molecule has 0 bridgehead atoms. The van der Waals surface area contributed by atoms with Crippen LogP contribution in [0.4, 0.5) is 5.69 Å². The van der Waals surface area contributed by atoms with Gasteiger partial charge in [0.1, 0.15) is 0 Å². The lowest BCUT2D eigenvalue weighted by Crippen LogP contribution is -2.39. The van der Waals surface area contributed by atoms with Crippen LogP contribution in [0.5, 0.6) is 0 Å². The molecule has 1 heterocycles. The molecule has 4 rings (SSSR count). The highest BCUT2D eigenvalue weighted by molar-refractivity contribution is 5.77. The molecule has 1 saturated carbocycles.